The molecule has 1 saturated heterocycles. The number of aliphatic hydroxyl groups is 1. The zero-order valence-corrected chi connectivity index (χ0v) is 9.46. The molecule has 0 amide bonds. The van der Waals surface area contributed by atoms with Crippen LogP contribution >= 0.6 is 7.60 Å². The highest BCUT2D eigenvalue weighted by Gasteiger charge is 2.44. The van der Waals surface area contributed by atoms with Gasteiger partial charge in [-0.05, 0) is 0 Å². The normalized spacial score (nSPS) is 40.3. The van der Waals surface area contributed by atoms with Crippen molar-refractivity contribution in [2.45, 2.75) is 24.3 Å². The average molecular weight is 236 g/mol. The second-order valence-electron chi connectivity index (χ2n) is 3.46. The molecule has 86 valence electrons. The lowest BCUT2D eigenvalue weighted by molar-refractivity contribution is -0.0143. The fraction of sp³-hybridized carbons (Fsp3) is 1.00. The van der Waals surface area contributed by atoms with Gasteiger partial charge in [0.15, 0.2) is 0 Å². The molecule has 15 heavy (non-hydrogen) atoms. The second-order valence-corrected chi connectivity index (χ2v) is 5.27. The number of methoxy groups -OCH3 is 1. The molecule has 0 spiro atoms. The first-order chi connectivity index (χ1) is 6.85. The first-order valence-corrected chi connectivity index (χ1v) is 6.44. The Bertz CT molecular complexity index is 256. The molecule has 0 aromatic heterocycles. The van der Waals surface area contributed by atoms with Gasteiger partial charge in [-0.3, -0.25) is 9.09 Å². The highest BCUT2D eigenvalue weighted by molar-refractivity contribution is 7.51. The predicted octanol–water partition coefficient (Wildman–Crippen LogP) is -0.913. The summed E-state index contributed by atoms with van der Waals surface area (Å²) in [4.78, 5) is 9.05. The van der Waals surface area contributed by atoms with E-state index in [0.29, 0.717) is 0 Å². The van der Waals surface area contributed by atoms with Gasteiger partial charge in [-0.2, -0.15) is 0 Å². The third kappa shape index (κ3) is 3.55. The van der Waals surface area contributed by atoms with Crippen molar-refractivity contribution < 1.29 is 28.6 Å². The molecule has 1 aliphatic rings. The van der Waals surface area contributed by atoms with E-state index in [1.54, 1.807) is 0 Å². The van der Waals surface area contributed by atoms with E-state index >= 15 is 0 Å². The van der Waals surface area contributed by atoms with Crippen LogP contribution in [0.4, 0.5) is 0 Å². The molecule has 5 atom stereocenters. The van der Waals surface area contributed by atoms with Crippen molar-refractivity contribution in [3.63, 3.8) is 0 Å². The fourth-order valence-electron chi connectivity index (χ4n) is 1.42. The standard InChI is InChI=1S/C7H14BO6P/c1-12-3-4-6(14-15(2,10)11)5(9)7(8)13-4/h4-7,9H,3H2,1-2H3,(H,10,11)/t4-,5+,6?,7-/m1/s1. The average Bonchev–Trinajstić information content (AvgIpc) is 2.32. The second kappa shape index (κ2) is 4.95. The molecule has 0 aliphatic carbocycles. The number of rotatable bonds is 4. The van der Waals surface area contributed by atoms with E-state index < -0.39 is 31.9 Å². The van der Waals surface area contributed by atoms with Crippen LogP contribution in [-0.2, 0) is 18.6 Å². The first kappa shape index (κ1) is 13.2. The molecule has 2 N–H and O–H groups in total. The third-order valence-corrected chi connectivity index (χ3v) is 2.65. The Labute approximate surface area is 89.5 Å². The van der Waals surface area contributed by atoms with Gasteiger partial charge in [0.2, 0.25) is 0 Å². The summed E-state index contributed by atoms with van der Waals surface area (Å²) >= 11 is 0. The van der Waals surface area contributed by atoms with Crippen LogP contribution in [0, 0.1) is 0 Å². The summed E-state index contributed by atoms with van der Waals surface area (Å²) in [7, 11) is 3.18. The largest absolute Gasteiger partial charge is 0.388 e. The quantitative estimate of drug-likeness (QED) is 0.485. The van der Waals surface area contributed by atoms with Gasteiger partial charge in [0.05, 0.1) is 6.61 Å². The molecular weight excluding hydrogens is 222 g/mol. The molecule has 6 nitrogen and oxygen atoms in total. The van der Waals surface area contributed by atoms with Crippen LogP contribution in [0.15, 0.2) is 0 Å². The van der Waals surface area contributed by atoms with E-state index in [1.807, 2.05) is 0 Å². The molecule has 0 saturated carbocycles. The Hall–Kier alpha value is 0.0949. The Kier molecular flexibility index (Phi) is 4.34. The minimum Gasteiger partial charge on any atom is -0.388 e. The molecule has 8 heteroatoms. The number of hydrogen-bond donors (Lipinski definition) is 2. The van der Waals surface area contributed by atoms with Gasteiger partial charge in [0.25, 0.3) is 0 Å². The van der Waals surface area contributed by atoms with Gasteiger partial charge in [0.1, 0.15) is 26.2 Å². The Balaban J connectivity index is 2.68. The molecule has 1 aliphatic heterocycles. The summed E-state index contributed by atoms with van der Waals surface area (Å²) in [5.41, 5.74) is 0. The van der Waals surface area contributed by atoms with Crippen LogP contribution in [0.3, 0.4) is 0 Å². The Morgan fingerprint density at radius 2 is 2.20 bits per heavy atom. The summed E-state index contributed by atoms with van der Waals surface area (Å²) in [5.74, 6) is 0. The fourth-order valence-corrected chi connectivity index (χ4v) is 2.13. The molecule has 1 heterocycles. The number of ether oxygens (including phenoxy) is 2. The monoisotopic (exact) mass is 236 g/mol. The maximum Gasteiger partial charge on any atom is 0.325 e. The zero-order valence-electron chi connectivity index (χ0n) is 8.57. The molecule has 0 aromatic carbocycles. The molecular formula is C7H14BO6P. The van der Waals surface area contributed by atoms with Crippen LogP contribution in [0.1, 0.15) is 0 Å². The van der Waals surface area contributed by atoms with E-state index in [1.165, 1.54) is 7.11 Å². The maximum atomic E-state index is 11.1. The van der Waals surface area contributed by atoms with Crippen molar-refractivity contribution >= 4 is 15.4 Å². The molecule has 0 bridgehead atoms. The van der Waals surface area contributed by atoms with Crippen molar-refractivity contribution in [2.75, 3.05) is 20.4 Å². The third-order valence-electron chi connectivity index (χ3n) is 2.02. The Morgan fingerprint density at radius 3 is 2.67 bits per heavy atom. The van der Waals surface area contributed by atoms with Crippen LogP contribution in [-0.4, -0.2) is 62.5 Å². The molecule has 0 aromatic rings. The lowest BCUT2D eigenvalue weighted by Crippen LogP contribution is -2.36. The molecule has 1 rings (SSSR count). The summed E-state index contributed by atoms with van der Waals surface area (Å²) in [6.45, 7) is 1.17. The SMILES string of the molecule is [B][C@@H]1O[C@H](COC)C(OP(C)(=O)O)[C@@H]1O. The van der Waals surface area contributed by atoms with E-state index in [9.17, 15) is 9.67 Å². The summed E-state index contributed by atoms with van der Waals surface area (Å²) in [6.07, 6.45) is -2.72. The van der Waals surface area contributed by atoms with Gasteiger partial charge in [-0.25, -0.2) is 0 Å². The summed E-state index contributed by atoms with van der Waals surface area (Å²) in [6, 6.07) is -0.929. The van der Waals surface area contributed by atoms with Crippen LogP contribution < -0.4 is 0 Å². The zero-order chi connectivity index (χ0) is 11.6. The highest BCUT2D eigenvalue weighted by Crippen LogP contribution is 2.42. The van der Waals surface area contributed by atoms with Crippen LogP contribution in [0.5, 0.6) is 0 Å². The minimum absolute atomic E-state index is 0.134. The van der Waals surface area contributed by atoms with E-state index in [0.717, 1.165) is 6.66 Å². The summed E-state index contributed by atoms with van der Waals surface area (Å²) < 4.78 is 25.8. The van der Waals surface area contributed by atoms with Crippen molar-refractivity contribution in [1.82, 2.24) is 0 Å². The molecule has 1 fully saturated rings. The maximum absolute atomic E-state index is 11.1. The van der Waals surface area contributed by atoms with Gasteiger partial charge in [-0.1, -0.05) is 0 Å². The van der Waals surface area contributed by atoms with Crippen LogP contribution in [0.25, 0.3) is 0 Å². The van der Waals surface area contributed by atoms with Gasteiger partial charge >= 0.3 is 7.60 Å². The summed E-state index contributed by atoms with van der Waals surface area (Å²) in [5, 5.41) is 9.56. The number of aliphatic hydroxyl groups excluding tert-OH is 1. The first-order valence-electron chi connectivity index (χ1n) is 4.42. The van der Waals surface area contributed by atoms with Gasteiger partial charge in [-0.15, -0.1) is 0 Å². The molecule has 2 unspecified atom stereocenters. The van der Waals surface area contributed by atoms with Crippen molar-refractivity contribution in [3.8, 4) is 0 Å². The smallest absolute Gasteiger partial charge is 0.325 e. The van der Waals surface area contributed by atoms with E-state index in [-0.39, 0.29) is 6.61 Å². The minimum atomic E-state index is -3.69. The van der Waals surface area contributed by atoms with Crippen molar-refractivity contribution in [3.05, 3.63) is 0 Å². The van der Waals surface area contributed by atoms with Gasteiger partial charge in [0, 0.05) is 19.8 Å². The topological polar surface area (TPSA) is 85.2 Å². The molecule has 2 radical (unpaired) electrons. The van der Waals surface area contributed by atoms with Gasteiger partial charge < -0.3 is 19.5 Å². The van der Waals surface area contributed by atoms with Crippen molar-refractivity contribution in [1.29, 1.82) is 0 Å². The van der Waals surface area contributed by atoms with E-state index in [2.05, 4.69) is 0 Å². The predicted molar refractivity (Wildman–Crippen MR) is 52.9 cm³/mol. The Morgan fingerprint density at radius 1 is 1.60 bits per heavy atom. The number of hydrogen-bond acceptors (Lipinski definition) is 5. The van der Waals surface area contributed by atoms with Crippen molar-refractivity contribution in [2.24, 2.45) is 0 Å². The van der Waals surface area contributed by atoms with E-state index in [4.69, 9.17) is 26.7 Å². The highest BCUT2D eigenvalue weighted by atomic mass is 31.2. The lowest BCUT2D eigenvalue weighted by Gasteiger charge is -2.21. The lowest BCUT2D eigenvalue weighted by atomic mass is 9.93. The van der Waals surface area contributed by atoms with Crippen LogP contribution in [0.2, 0.25) is 0 Å².